The Labute approximate surface area is 252 Å². The molecule has 43 heavy (non-hydrogen) atoms. The molecule has 9 nitrogen and oxygen atoms in total. The van der Waals surface area contributed by atoms with Crippen LogP contribution in [0.5, 0.6) is 0 Å². The fourth-order valence-corrected chi connectivity index (χ4v) is 7.08. The number of carbonyl (C=O) groups is 4. The highest BCUT2D eigenvalue weighted by molar-refractivity contribution is 5.98. The van der Waals surface area contributed by atoms with Crippen molar-refractivity contribution >= 4 is 34.5 Å². The predicted octanol–water partition coefficient (Wildman–Crippen LogP) is 3.38. The summed E-state index contributed by atoms with van der Waals surface area (Å²) in [5.41, 5.74) is 2.73. The topological polar surface area (TPSA) is 123 Å². The number of hydrogen-bond acceptors (Lipinski definition) is 4. The third kappa shape index (κ3) is 6.60. The molecule has 4 amide bonds. The van der Waals surface area contributed by atoms with E-state index >= 15 is 0 Å². The molecule has 1 aliphatic carbocycles. The van der Waals surface area contributed by atoms with Crippen LogP contribution in [0.4, 0.5) is 0 Å². The molecule has 0 unspecified atom stereocenters. The highest BCUT2D eigenvalue weighted by Gasteiger charge is 2.41. The zero-order chi connectivity index (χ0) is 29.8. The first-order valence-corrected chi connectivity index (χ1v) is 15.8. The zero-order valence-electron chi connectivity index (χ0n) is 24.5. The van der Waals surface area contributed by atoms with Crippen LogP contribution in [0.25, 0.3) is 10.9 Å². The largest absolute Gasteiger partial charge is 0.361 e. The minimum absolute atomic E-state index is 0.240. The molecular formula is C34H41N5O4. The van der Waals surface area contributed by atoms with Crippen molar-refractivity contribution in [1.29, 1.82) is 0 Å². The molecule has 2 saturated heterocycles. The molecule has 0 spiro atoms. The number of rotatable bonds is 6. The highest BCUT2D eigenvalue weighted by Crippen LogP contribution is 2.28. The van der Waals surface area contributed by atoms with Gasteiger partial charge in [0.05, 0.1) is 0 Å². The molecule has 2 aliphatic heterocycles. The minimum atomic E-state index is -0.933. The molecule has 4 N–H and O–H groups in total. The lowest BCUT2D eigenvalue weighted by Crippen LogP contribution is -2.62. The zero-order valence-corrected chi connectivity index (χ0v) is 24.5. The first-order valence-electron chi connectivity index (χ1n) is 15.8. The maximum atomic E-state index is 14.0. The highest BCUT2D eigenvalue weighted by atomic mass is 16.2. The van der Waals surface area contributed by atoms with Crippen molar-refractivity contribution in [1.82, 2.24) is 25.8 Å². The molecule has 3 fully saturated rings. The summed E-state index contributed by atoms with van der Waals surface area (Å²) in [6.07, 6.45) is 9.61. The summed E-state index contributed by atoms with van der Waals surface area (Å²) in [5.74, 6) is -0.992. The van der Waals surface area contributed by atoms with Crippen LogP contribution < -0.4 is 16.0 Å². The van der Waals surface area contributed by atoms with Gasteiger partial charge in [-0.1, -0.05) is 80.6 Å². The van der Waals surface area contributed by atoms with Gasteiger partial charge < -0.3 is 25.8 Å². The molecular weight excluding hydrogens is 542 g/mol. The second-order valence-electron chi connectivity index (χ2n) is 12.4. The first-order chi connectivity index (χ1) is 21.0. The van der Waals surface area contributed by atoms with Crippen molar-refractivity contribution in [2.75, 3.05) is 6.54 Å². The number of amides is 4. The number of hydrogen-bond donors (Lipinski definition) is 4. The Morgan fingerprint density at radius 3 is 2.19 bits per heavy atom. The quantitative estimate of drug-likeness (QED) is 0.355. The third-order valence-corrected chi connectivity index (χ3v) is 9.39. The smallest absolute Gasteiger partial charge is 0.246 e. The number of carbonyl (C=O) groups excluding carboxylic acids is 4. The summed E-state index contributed by atoms with van der Waals surface area (Å²) in [4.78, 5) is 60.6. The van der Waals surface area contributed by atoms with Crippen molar-refractivity contribution in [3.05, 3.63) is 71.9 Å². The molecule has 6 rings (SSSR count). The summed E-state index contributed by atoms with van der Waals surface area (Å²) in [6, 6.07) is 14.1. The first kappa shape index (κ1) is 29.0. The molecule has 0 bridgehead atoms. The van der Waals surface area contributed by atoms with E-state index in [1.165, 1.54) is 6.42 Å². The molecule has 1 saturated carbocycles. The number of fused-ring (bicyclic) bond motifs is 2. The molecule has 226 valence electrons. The molecule has 3 heterocycles. The third-order valence-electron chi connectivity index (χ3n) is 9.39. The molecule has 3 aliphatic rings. The maximum Gasteiger partial charge on any atom is 0.246 e. The van der Waals surface area contributed by atoms with E-state index in [2.05, 4.69) is 20.9 Å². The number of aromatic nitrogens is 1. The van der Waals surface area contributed by atoms with Gasteiger partial charge in [-0.2, -0.15) is 0 Å². The van der Waals surface area contributed by atoms with E-state index in [4.69, 9.17) is 0 Å². The van der Waals surface area contributed by atoms with E-state index in [0.29, 0.717) is 31.7 Å². The maximum absolute atomic E-state index is 14.0. The van der Waals surface area contributed by atoms with Crippen LogP contribution in [0.15, 0.2) is 60.8 Å². The standard InChI is InChI=1S/C34H41N5O4/c40-31-27(18-22-10-3-1-4-11-22)37-33(42)30-16-9-17-39(30)34(43)29(19-23-12-5-2-6-13-23)38-32(41)28(36-31)20-24-21-35-26-15-8-7-14-25(24)26/h2,5-8,12-15,21-22,27-30,35H,1,3-4,9-11,16-20H2,(H,36,40)(H,37,42)(H,38,41)/t27-,28+,29-,30+/m0/s1. The average Bonchev–Trinajstić information content (AvgIpc) is 3.68. The Bertz CT molecular complexity index is 1460. The Hall–Kier alpha value is -4.14. The van der Waals surface area contributed by atoms with Crippen molar-refractivity contribution < 1.29 is 19.2 Å². The van der Waals surface area contributed by atoms with E-state index in [0.717, 1.165) is 47.7 Å². The summed E-state index contributed by atoms with van der Waals surface area (Å²) in [7, 11) is 0. The van der Waals surface area contributed by atoms with Gasteiger partial charge in [0.25, 0.3) is 0 Å². The molecule has 3 aromatic rings. The van der Waals surface area contributed by atoms with Gasteiger partial charge in [0.2, 0.25) is 23.6 Å². The van der Waals surface area contributed by atoms with E-state index in [9.17, 15) is 19.2 Å². The predicted molar refractivity (Wildman–Crippen MR) is 164 cm³/mol. The summed E-state index contributed by atoms with van der Waals surface area (Å²) >= 11 is 0. The Kier molecular flexibility index (Phi) is 8.77. The van der Waals surface area contributed by atoms with E-state index in [1.54, 1.807) is 4.90 Å². The lowest BCUT2D eigenvalue weighted by molar-refractivity contribution is -0.143. The lowest BCUT2D eigenvalue weighted by Gasteiger charge is -2.33. The SMILES string of the molecule is O=C1N[C@H](Cc2c[nH]c3ccccc23)C(=O)N[C@@H](Cc2ccccc2)C(=O)N2CCC[C@@H]2C(=O)N[C@H]1CC1CCCCC1. The van der Waals surface area contributed by atoms with E-state index < -0.39 is 30.1 Å². The average molecular weight is 584 g/mol. The number of benzene rings is 2. The molecule has 2 aromatic carbocycles. The van der Waals surface area contributed by atoms with Crippen molar-refractivity contribution in [3.63, 3.8) is 0 Å². The van der Waals surface area contributed by atoms with Crippen molar-refractivity contribution in [3.8, 4) is 0 Å². The van der Waals surface area contributed by atoms with Gasteiger partial charge in [-0.25, -0.2) is 0 Å². The molecule has 4 atom stereocenters. The van der Waals surface area contributed by atoms with Gasteiger partial charge in [-0.15, -0.1) is 0 Å². The fourth-order valence-electron chi connectivity index (χ4n) is 7.08. The fraction of sp³-hybridized carbons (Fsp3) is 0.471. The normalized spacial score (nSPS) is 25.8. The van der Waals surface area contributed by atoms with Crippen LogP contribution in [0.2, 0.25) is 0 Å². The van der Waals surface area contributed by atoms with Crippen LogP contribution in [-0.2, 0) is 32.0 Å². The van der Waals surface area contributed by atoms with Crippen LogP contribution in [-0.4, -0.2) is 64.2 Å². The number of nitrogens with one attached hydrogen (secondary N) is 4. The van der Waals surface area contributed by atoms with E-state index in [-0.39, 0.29) is 30.6 Å². The summed E-state index contributed by atoms with van der Waals surface area (Å²) < 4.78 is 0. The summed E-state index contributed by atoms with van der Waals surface area (Å²) in [5, 5.41) is 10.0. The van der Waals surface area contributed by atoms with Crippen LogP contribution >= 0.6 is 0 Å². The van der Waals surface area contributed by atoms with E-state index in [1.807, 2.05) is 60.8 Å². The number of aromatic amines is 1. The number of H-pyrrole nitrogens is 1. The van der Waals surface area contributed by atoms with Gasteiger partial charge >= 0.3 is 0 Å². The number of nitrogens with zero attached hydrogens (tertiary/aromatic N) is 1. The monoisotopic (exact) mass is 583 g/mol. The van der Waals surface area contributed by atoms with Crippen molar-refractivity contribution in [2.24, 2.45) is 5.92 Å². The van der Waals surface area contributed by atoms with Gasteiger partial charge in [0.1, 0.15) is 24.2 Å². The second-order valence-corrected chi connectivity index (χ2v) is 12.4. The molecule has 9 heteroatoms. The van der Waals surface area contributed by atoms with Crippen LogP contribution in [0.3, 0.4) is 0 Å². The molecule has 1 aromatic heterocycles. The minimum Gasteiger partial charge on any atom is -0.361 e. The molecule has 0 radical (unpaired) electrons. The Morgan fingerprint density at radius 2 is 1.37 bits per heavy atom. The lowest BCUT2D eigenvalue weighted by atomic mass is 9.84. The van der Waals surface area contributed by atoms with Gasteiger partial charge in [-0.05, 0) is 42.4 Å². The van der Waals surface area contributed by atoms with Crippen LogP contribution in [0.1, 0.15) is 62.5 Å². The Morgan fingerprint density at radius 1 is 0.674 bits per heavy atom. The van der Waals surface area contributed by atoms with Gasteiger partial charge in [0, 0.05) is 36.5 Å². The van der Waals surface area contributed by atoms with Crippen LogP contribution in [0, 0.1) is 5.92 Å². The second kappa shape index (κ2) is 13.0. The number of para-hydroxylation sites is 1. The Balaban J connectivity index is 1.33. The van der Waals surface area contributed by atoms with Gasteiger partial charge in [-0.3, -0.25) is 19.2 Å². The summed E-state index contributed by atoms with van der Waals surface area (Å²) in [6.45, 7) is 0.441. The van der Waals surface area contributed by atoms with Gasteiger partial charge in [0.15, 0.2) is 0 Å². The van der Waals surface area contributed by atoms with Crippen molar-refractivity contribution in [2.45, 2.75) is 88.4 Å².